The molecule has 28 heavy (non-hydrogen) atoms. The van der Waals surface area contributed by atoms with E-state index in [-0.39, 0.29) is 30.0 Å². The monoisotopic (exact) mass is 500 g/mol. The zero-order valence-corrected chi connectivity index (χ0v) is 19.4. The van der Waals surface area contributed by atoms with Crippen LogP contribution in [0.2, 0.25) is 0 Å². The molecule has 0 spiro atoms. The highest BCUT2D eigenvalue weighted by Gasteiger charge is 2.25. The molecule has 2 N–H and O–H groups in total. The molecule has 1 fully saturated rings. The number of rotatable bonds is 8. The molecule has 0 saturated carbocycles. The van der Waals surface area contributed by atoms with Crippen LogP contribution >= 0.6 is 24.0 Å². The second kappa shape index (κ2) is 11.5. The third-order valence-corrected chi connectivity index (χ3v) is 4.92. The zero-order chi connectivity index (χ0) is 19.1. The summed E-state index contributed by atoms with van der Waals surface area (Å²) >= 11 is 0. The third-order valence-electron chi connectivity index (χ3n) is 4.92. The Bertz CT molecular complexity index is 706. The van der Waals surface area contributed by atoms with Crippen LogP contribution in [0.5, 0.6) is 0 Å². The van der Waals surface area contributed by atoms with Crippen molar-refractivity contribution < 1.29 is 4.42 Å². The van der Waals surface area contributed by atoms with Gasteiger partial charge >= 0.3 is 0 Å². The van der Waals surface area contributed by atoms with Gasteiger partial charge in [0.2, 0.25) is 0 Å². The van der Waals surface area contributed by atoms with Gasteiger partial charge in [0.25, 0.3) is 0 Å². The van der Waals surface area contributed by atoms with E-state index in [9.17, 15) is 0 Å². The molecular formula is C20H33IN6O. The van der Waals surface area contributed by atoms with Crippen LogP contribution in [0.3, 0.4) is 0 Å². The molecule has 8 heteroatoms. The van der Waals surface area contributed by atoms with Crippen LogP contribution in [0.1, 0.15) is 44.3 Å². The van der Waals surface area contributed by atoms with Crippen molar-refractivity contribution in [2.45, 2.75) is 45.8 Å². The number of imidazole rings is 1. The predicted octanol–water partition coefficient (Wildman–Crippen LogP) is 3.25. The molecule has 7 nitrogen and oxygen atoms in total. The number of halogens is 1. The molecule has 0 amide bonds. The van der Waals surface area contributed by atoms with Gasteiger partial charge in [-0.1, -0.05) is 13.8 Å². The first-order valence-corrected chi connectivity index (χ1v) is 9.89. The number of hydrogen-bond acceptors (Lipinski definition) is 4. The molecule has 2 aromatic heterocycles. The van der Waals surface area contributed by atoms with E-state index in [1.807, 2.05) is 18.5 Å². The van der Waals surface area contributed by atoms with E-state index in [0.29, 0.717) is 12.5 Å². The van der Waals surface area contributed by atoms with Crippen molar-refractivity contribution in [3.63, 3.8) is 0 Å². The number of nitrogens with zero attached hydrogens (tertiary/aromatic N) is 4. The molecule has 1 atom stereocenters. The van der Waals surface area contributed by atoms with Crippen molar-refractivity contribution in [2.75, 3.05) is 26.7 Å². The quantitative estimate of drug-likeness (QED) is 0.331. The van der Waals surface area contributed by atoms with Crippen molar-refractivity contribution in [3.8, 4) is 0 Å². The lowest BCUT2D eigenvalue weighted by atomic mass is 10.2. The number of guanidine groups is 1. The van der Waals surface area contributed by atoms with Crippen molar-refractivity contribution >= 4 is 29.9 Å². The van der Waals surface area contributed by atoms with E-state index in [2.05, 4.69) is 50.0 Å². The Morgan fingerprint density at radius 3 is 2.71 bits per heavy atom. The Labute approximate surface area is 185 Å². The van der Waals surface area contributed by atoms with Gasteiger partial charge in [-0.15, -0.1) is 24.0 Å². The summed E-state index contributed by atoms with van der Waals surface area (Å²) in [6.07, 6.45) is 8.15. The Balaban J connectivity index is 0.00000280. The Morgan fingerprint density at radius 2 is 2.07 bits per heavy atom. The van der Waals surface area contributed by atoms with Gasteiger partial charge in [-0.25, -0.2) is 4.98 Å². The van der Waals surface area contributed by atoms with Crippen molar-refractivity contribution in [1.29, 1.82) is 0 Å². The van der Waals surface area contributed by atoms with E-state index in [1.165, 1.54) is 12.8 Å². The highest BCUT2D eigenvalue weighted by Crippen LogP contribution is 2.24. The molecule has 3 heterocycles. The average Bonchev–Trinajstić information content (AvgIpc) is 3.40. The fourth-order valence-corrected chi connectivity index (χ4v) is 3.59. The number of aliphatic imine (C=N–C) groups is 1. The van der Waals surface area contributed by atoms with Crippen LogP contribution in [0, 0.1) is 5.92 Å². The van der Waals surface area contributed by atoms with Crippen LogP contribution in [-0.4, -0.2) is 47.1 Å². The van der Waals surface area contributed by atoms with Crippen molar-refractivity contribution in [1.82, 2.24) is 25.1 Å². The van der Waals surface area contributed by atoms with Gasteiger partial charge in [-0.05, 0) is 44.0 Å². The van der Waals surface area contributed by atoms with Gasteiger partial charge in [0.05, 0.1) is 18.8 Å². The smallest absolute Gasteiger partial charge is 0.191 e. The lowest BCUT2D eigenvalue weighted by molar-refractivity contribution is 0.215. The third kappa shape index (κ3) is 6.23. The first kappa shape index (κ1) is 22.7. The topological polar surface area (TPSA) is 70.6 Å². The summed E-state index contributed by atoms with van der Waals surface area (Å²) in [6.45, 7) is 9.04. The minimum absolute atomic E-state index is 0. The normalized spacial score (nSPS) is 16.2. The number of likely N-dealkylation sites (tertiary alicyclic amines) is 1. The van der Waals surface area contributed by atoms with Crippen LogP contribution in [0.25, 0.3) is 0 Å². The molecule has 2 aromatic rings. The lowest BCUT2D eigenvalue weighted by Gasteiger charge is -2.26. The highest BCUT2D eigenvalue weighted by atomic mass is 127. The fourth-order valence-electron chi connectivity index (χ4n) is 3.59. The van der Waals surface area contributed by atoms with E-state index < -0.39 is 0 Å². The van der Waals surface area contributed by atoms with Gasteiger partial charge in [-0.3, -0.25) is 9.89 Å². The molecule has 3 rings (SSSR count). The molecule has 156 valence electrons. The van der Waals surface area contributed by atoms with E-state index in [1.54, 1.807) is 13.3 Å². The maximum atomic E-state index is 5.69. The summed E-state index contributed by atoms with van der Waals surface area (Å²) in [5.41, 5.74) is 0. The summed E-state index contributed by atoms with van der Waals surface area (Å²) in [6, 6.07) is 4.24. The zero-order valence-electron chi connectivity index (χ0n) is 17.1. The average molecular weight is 500 g/mol. The number of hydrogen-bond donors (Lipinski definition) is 2. The fraction of sp³-hybridized carbons (Fsp3) is 0.600. The molecule has 0 radical (unpaired) electrons. The van der Waals surface area contributed by atoms with Crippen LogP contribution in [-0.2, 0) is 13.1 Å². The highest BCUT2D eigenvalue weighted by molar-refractivity contribution is 14.0. The second-order valence-corrected chi connectivity index (χ2v) is 7.47. The predicted molar refractivity (Wildman–Crippen MR) is 123 cm³/mol. The molecule has 1 unspecified atom stereocenters. The van der Waals surface area contributed by atoms with Crippen LogP contribution < -0.4 is 10.6 Å². The number of nitrogens with one attached hydrogen (secondary N) is 2. The first-order valence-electron chi connectivity index (χ1n) is 9.89. The maximum Gasteiger partial charge on any atom is 0.191 e. The molecule has 0 aliphatic carbocycles. The SMILES string of the molecule is CN=C(NCc1nccn1CC(C)C)NCC(c1ccco1)N1CCCC1.I. The Hall–Kier alpha value is -1.55. The van der Waals surface area contributed by atoms with Crippen molar-refractivity contribution in [2.24, 2.45) is 10.9 Å². The van der Waals surface area contributed by atoms with Gasteiger partial charge in [0.1, 0.15) is 11.6 Å². The molecule has 0 bridgehead atoms. The Kier molecular flexibility index (Phi) is 9.30. The molecule has 1 aliphatic heterocycles. The summed E-state index contributed by atoms with van der Waals surface area (Å²) < 4.78 is 7.89. The Morgan fingerprint density at radius 1 is 1.29 bits per heavy atom. The summed E-state index contributed by atoms with van der Waals surface area (Å²) in [7, 11) is 1.80. The van der Waals surface area contributed by atoms with Gasteiger partial charge in [-0.2, -0.15) is 0 Å². The summed E-state index contributed by atoms with van der Waals surface area (Å²) in [5, 5.41) is 6.84. The number of furan rings is 1. The van der Waals surface area contributed by atoms with Crippen molar-refractivity contribution in [3.05, 3.63) is 42.4 Å². The van der Waals surface area contributed by atoms with Crippen LogP contribution in [0.4, 0.5) is 0 Å². The lowest BCUT2D eigenvalue weighted by Crippen LogP contribution is -2.42. The minimum Gasteiger partial charge on any atom is -0.468 e. The molecular weight excluding hydrogens is 467 g/mol. The summed E-state index contributed by atoms with van der Waals surface area (Å²) in [5.74, 6) is 3.40. The first-order chi connectivity index (χ1) is 13.2. The standard InChI is InChI=1S/C20H32N6O.HI/c1-16(2)15-26-11-8-22-19(26)14-24-20(21-3)23-13-17(18-7-6-12-27-18)25-9-4-5-10-25;/h6-8,11-12,16-17H,4-5,9-10,13-15H2,1-3H3,(H2,21,23,24);1H. The largest absolute Gasteiger partial charge is 0.468 e. The second-order valence-electron chi connectivity index (χ2n) is 7.47. The van der Waals surface area contributed by atoms with Gasteiger partial charge < -0.3 is 19.6 Å². The molecule has 0 aromatic carbocycles. The number of aromatic nitrogens is 2. The minimum atomic E-state index is 0. The van der Waals surface area contributed by atoms with Gasteiger partial charge in [0, 0.05) is 32.5 Å². The summed E-state index contributed by atoms with van der Waals surface area (Å²) in [4.78, 5) is 11.3. The maximum absolute atomic E-state index is 5.69. The van der Waals surface area contributed by atoms with E-state index >= 15 is 0 Å². The van der Waals surface area contributed by atoms with Gasteiger partial charge in [0.15, 0.2) is 5.96 Å². The van der Waals surface area contributed by atoms with E-state index in [0.717, 1.165) is 43.7 Å². The van der Waals surface area contributed by atoms with E-state index in [4.69, 9.17) is 4.42 Å². The molecule has 1 aliphatic rings. The van der Waals surface area contributed by atoms with Crippen LogP contribution in [0.15, 0.2) is 40.2 Å². The molecule has 1 saturated heterocycles.